The molecule has 0 amide bonds. The molecule has 1 atom stereocenters. The Kier molecular flexibility index (Phi) is 5.84. The molecule has 0 aromatic heterocycles. The predicted octanol–water partition coefficient (Wildman–Crippen LogP) is 4.01. The highest BCUT2D eigenvalue weighted by atomic mass is 32.2. The fraction of sp³-hybridized carbons (Fsp3) is 0.400. The zero-order chi connectivity index (χ0) is 18.6. The molecule has 5 nitrogen and oxygen atoms in total. The monoisotopic (exact) mass is 375 g/mol. The zero-order valence-electron chi connectivity index (χ0n) is 15.2. The van der Waals surface area contributed by atoms with Crippen LogP contribution in [-0.4, -0.2) is 32.5 Å². The molecule has 2 aromatic rings. The molecule has 1 heterocycles. The largest absolute Gasteiger partial charge is 0.494 e. The number of hydrogen-bond acceptors (Lipinski definition) is 4. The predicted molar refractivity (Wildman–Crippen MR) is 101 cm³/mol. The van der Waals surface area contributed by atoms with Crippen LogP contribution < -0.4 is 9.47 Å². The summed E-state index contributed by atoms with van der Waals surface area (Å²) < 4.78 is 38.7. The Morgan fingerprint density at radius 3 is 2.00 bits per heavy atom. The maximum Gasteiger partial charge on any atom is 0.243 e. The first-order valence-electron chi connectivity index (χ1n) is 9.03. The van der Waals surface area contributed by atoms with E-state index < -0.39 is 10.0 Å². The Morgan fingerprint density at radius 2 is 1.46 bits per heavy atom. The maximum atomic E-state index is 13.1. The van der Waals surface area contributed by atoms with Crippen molar-refractivity contribution in [2.24, 2.45) is 0 Å². The lowest BCUT2D eigenvalue weighted by molar-refractivity contribution is 0.339. The first kappa shape index (κ1) is 18.7. The summed E-state index contributed by atoms with van der Waals surface area (Å²) in [5.74, 6) is 1.48. The van der Waals surface area contributed by atoms with Gasteiger partial charge >= 0.3 is 0 Å². The van der Waals surface area contributed by atoms with E-state index in [0.717, 1.165) is 24.2 Å². The van der Waals surface area contributed by atoms with E-state index in [2.05, 4.69) is 0 Å². The number of ether oxygens (including phenoxy) is 2. The van der Waals surface area contributed by atoms with Gasteiger partial charge in [-0.25, -0.2) is 8.42 Å². The SMILES string of the molecule is CCOc1ccc(C2CCCN2S(=O)(=O)c2ccc(OCC)cc2)cc1. The third kappa shape index (κ3) is 3.86. The number of benzene rings is 2. The van der Waals surface area contributed by atoms with Gasteiger partial charge in [-0.1, -0.05) is 12.1 Å². The second kappa shape index (κ2) is 8.10. The van der Waals surface area contributed by atoms with Gasteiger partial charge < -0.3 is 9.47 Å². The van der Waals surface area contributed by atoms with Crippen LogP contribution >= 0.6 is 0 Å². The van der Waals surface area contributed by atoms with Crippen molar-refractivity contribution in [3.05, 3.63) is 54.1 Å². The molecule has 1 aliphatic heterocycles. The molecule has 140 valence electrons. The molecule has 0 bridgehead atoms. The average molecular weight is 375 g/mol. The molecule has 1 aliphatic rings. The molecule has 0 spiro atoms. The summed E-state index contributed by atoms with van der Waals surface area (Å²) in [6.45, 7) is 5.54. The molecule has 0 N–H and O–H groups in total. The minimum atomic E-state index is -3.54. The second-order valence-corrected chi connectivity index (χ2v) is 8.07. The second-order valence-electron chi connectivity index (χ2n) is 6.18. The number of hydrogen-bond donors (Lipinski definition) is 0. The molecule has 26 heavy (non-hydrogen) atoms. The Balaban J connectivity index is 1.83. The van der Waals surface area contributed by atoms with E-state index in [1.807, 2.05) is 38.1 Å². The van der Waals surface area contributed by atoms with Crippen molar-refractivity contribution in [2.75, 3.05) is 19.8 Å². The highest BCUT2D eigenvalue weighted by Gasteiger charge is 2.36. The molecular formula is C20H25NO4S. The third-order valence-electron chi connectivity index (χ3n) is 4.52. The van der Waals surface area contributed by atoms with Gasteiger partial charge in [-0.05, 0) is 68.7 Å². The molecule has 1 saturated heterocycles. The Labute approximate surface area is 155 Å². The van der Waals surface area contributed by atoms with Crippen LogP contribution in [0.5, 0.6) is 11.5 Å². The normalized spacial score (nSPS) is 18.0. The summed E-state index contributed by atoms with van der Waals surface area (Å²) in [7, 11) is -3.54. The topological polar surface area (TPSA) is 55.8 Å². The standard InChI is InChI=1S/C20H25NO4S/c1-3-24-17-9-7-16(8-10-17)20-6-5-15-21(20)26(22,23)19-13-11-18(12-14-19)25-4-2/h7-14,20H,3-6,15H2,1-2H3. The first-order chi connectivity index (χ1) is 12.6. The molecule has 6 heteroatoms. The highest BCUT2D eigenvalue weighted by Crippen LogP contribution is 2.37. The molecular weight excluding hydrogens is 350 g/mol. The summed E-state index contributed by atoms with van der Waals surface area (Å²) >= 11 is 0. The van der Waals surface area contributed by atoms with E-state index in [-0.39, 0.29) is 6.04 Å². The van der Waals surface area contributed by atoms with Crippen LogP contribution in [0.1, 0.15) is 38.3 Å². The molecule has 0 aliphatic carbocycles. The fourth-order valence-electron chi connectivity index (χ4n) is 3.32. The van der Waals surface area contributed by atoms with Gasteiger partial charge in [-0.3, -0.25) is 0 Å². The van der Waals surface area contributed by atoms with E-state index in [1.165, 1.54) is 0 Å². The van der Waals surface area contributed by atoms with Crippen LogP contribution in [0.2, 0.25) is 0 Å². The van der Waals surface area contributed by atoms with Crippen molar-refractivity contribution < 1.29 is 17.9 Å². The molecule has 2 aromatic carbocycles. The first-order valence-corrected chi connectivity index (χ1v) is 10.5. The van der Waals surface area contributed by atoms with Crippen molar-refractivity contribution in [1.82, 2.24) is 4.31 Å². The van der Waals surface area contributed by atoms with Gasteiger partial charge in [0.25, 0.3) is 0 Å². The van der Waals surface area contributed by atoms with Crippen molar-refractivity contribution in [2.45, 2.75) is 37.6 Å². The van der Waals surface area contributed by atoms with Crippen molar-refractivity contribution >= 4 is 10.0 Å². The molecule has 0 radical (unpaired) electrons. The average Bonchev–Trinajstić information content (AvgIpc) is 3.14. The van der Waals surface area contributed by atoms with Crippen LogP contribution in [0.15, 0.2) is 53.4 Å². The lowest BCUT2D eigenvalue weighted by atomic mass is 10.1. The van der Waals surface area contributed by atoms with E-state index >= 15 is 0 Å². The van der Waals surface area contributed by atoms with Gasteiger partial charge in [-0.15, -0.1) is 0 Å². The van der Waals surface area contributed by atoms with E-state index in [1.54, 1.807) is 28.6 Å². The summed E-state index contributed by atoms with van der Waals surface area (Å²) in [5.41, 5.74) is 1.00. The van der Waals surface area contributed by atoms with Gasteiger partial charge in [-0.2, -0.15) is 4.31 Å². The van der Waals surface area contributed by atoms with Crippen molar-refractivity contribution in [3.63, 3.8) is 0 Å². The lowest BCUT2D eigenvalue weighted by Gasteiger charge is -2.24. The quantitative estimate of drug-likeness (QED) is 0.734. The summed E-state index contributed by atoms with van der Waals surface area (Å²) in [4.78, 5) is 0.304. The smallest absolute Gasteiger partial charge is 0.243 e. The molecule has 1 fully saturated rings. The summed E-state index contributed by atoms with van der Waals surface area (Å²) in [5, 5.41) is 0. The van der Waals surface area contributed by atoms with E-state index in [9.17, 15) is 8.42 Å². The Bertz CT molecular complexity index is 816. The highest BCUT2D eigenvalue weighted by molar-refractivity contribution is 7.89. The maximum absolute atomic E-state index is 13.1. The Morgan fingerprint density at radius 1 is 0.923 bits per heavy atom. The van der Waals surface area contributed by atoms with Gasteiger partial charge in [0.1, 0.15) is 11.5 Å². The number of sulfonamides is 1. The van der Waals surface area contributed by atoms with Crippen LogP contribution in [0.3, 0.4) is 0 Å². The molecule has 0 saturated carbocycles. The van der Waals surface area contributed by atoms with Gasteiger partial charge in [0.2, 0.25) is 10.0 Å². The molecule has 3 rings (SSSR count). The lowest BCUT2D eigenvalue weighted by Crippen LogP contribution is -2.30. The third-order valence-corrected chi connectivity index (χ3v) is 6.44. The van der Waals surface area contributed by atoms with Crippen LogP contribution in [0, 0.1) is 0 Å². The Hall–Kier alpha value is -2.05. The van der Waals surface area contributed by atoms with Gasteiger partial charge in [0, 0.05) is 6.54 Å². The van der Waals surface area contributed by atoms with Crippen LogP contribution in [0.4, 0.5) is 0 Å². The minimum absolute atomic E-state index is 0.137. The van der Waals surface area contributed by atoms with Crippen molar-refractivity contribution in [1.29, 1.82) is 0 Å². The zero-order valence-corrected chi connectivity index (χ0v) is 16.0. The molecule has 1 unspecified atom stereocenters. The number of nitrogens with zero attached hydrogens (tertiary/aromatic N) is 1. The fourth-order valence-corrected chi connectivity index (χ4v) is 5.01. The van der Waals surface area contributed by atoms with E-state index in [4.69, 9.17) is 9.47 Å². The van der Waals surface area contributed by atoms with E-state index in [0.29, 0.717) is 30.4 Å². The minimum Gasteiger partial charge on any atom is -0.494 e. The summed E-state index contributed by atoms with van der Waals surface area (Å²) in [6.07, 6.45) is 1.68. The van der Waals surface area contributed by atoms with Gasteiger partial charge in [0.15, 0.2) is 0 Å². The summed E-state index contributed by atoms with van der Waals surface area (Å²) in [6, 6.07) is 14.2. The van der Waals surface area contributed by atoms with Gasteiger partial charge in [0.05, 0.1) is 24.2 Å². The van der Waals surface area contributed by atoms with Crippen LogP contribution in [0.25, 0.3) is 0 Å². The van der Waals surface area contributed by atoms with Crippen LogP contribution in [-0.2, 0) is 10.0 Å². The van der Waals surface area contributed by atoms with Crippen molar-refractivity contribution in [3.8, 4) is 11.5 Å². The number of rotatable bonds is 7.